The van der Waals surface area contributed by atoms with Crippen molar-refractivity contribution in [1.29, 1.82) is 0 Å². The van der Waals surface area contributed by atoms with Crippen LogP contribution in [0.2, 0.25) is 0 Å². The molecule has 3 rings (SSSR count). The Balaban J connectivity index is 1.60. The summed E-state index contributed by atoms with van der Waals surface area (Å²) >= 11 is 0. The molecule has 0 saturated carbocycles. The van der Waals surface area contributed by atoms with Crippen LogP contribution in [0.3, 0.4) is 0 Å². The number of benzene rings is 2. The molecule has 0 aromatic heterocycles. The molecule has 0 aliphatic carbocycles. The predicted molar refractivity (Wildman–Crippen MR) is 91.8 cm³/mol. The summed E-state index contributed by atoms with van der Waals surface area (Å²) in [6.45, 7) is 1.22. The van der Waals surface area contributed by atoms with E-state index in [1.165, 1.54) is 5.56 Å². The molecule has 2 amide bonds. The smallest absolute Gasteiger partial charge is 0.233 e. The summed E-state index contributed by atoms with van der Waals surface area (Å²) in [5.74, 6) is 0.0884. The summed E-state index contributed by atoms with van der Waals surface area (Å²) in [6.07, 6.45) is 0.663. The fourth-order valence-corrected chi connectivity index (χ4v) is 2.90. The summed E-state index contributed by atoms with van der Waals surface area (Å²) < 4.78 is 5.20. The second kappa shape index (κ2) is 7.17. The monoisotopic (exact) mass is 324 g/mol. The summed E-state index contributed by atoms with van der Waals surface area (Å²) in [5.41, 5.74) is 3.00. The number of para-hydroxylation sites is 2. The molecule has 2 aromatic rings. The van der Waals surface area contributed by atoms with Gasteiger partial charge in [0.25, 0.3) is 0 Å². The van der Waals surface area contributed by atoms with Gasteiger partial charge in [0.05, 0.1) is 12.8 Å². The van der Waals surface area contributed by atoms with Gasteiger partial charge in [-0.15, -0.1) is 0 Å². The number of carbonyl (C=O) groups is 2. The zero-order valence-electron chi connectivity index (χ0n) is 13.6. The van der Waals surface area contributed by atoms with Gasteiger partial charge in [-0.3, -0.25) is 9.59 Å². The molecule has 5 nitrogen and oxygen atoms in total. The second-order valence-electron chi connectivity index (χ2n) is 5.76. The number of fused-ring (bicyclic) bond motifs is 1. The lowest BCUT2D eigenvalue weighted by molar-refractivity contribution is -0.135. The molecule has 24 heavy (non-hydrogen) atoms. The molecule has 1 aliphatic rings. The van der Waals surface area contributed by atoms with E-state index in [1.54, 1.807) is 24.1 Å². The van der Waals surface area contributed by atoms with E-state index in [9.17, 15) is 9.59 Å². The van der Waals surface area contributed by atoms with Crippen molar-refractivity contribution >= 4 is 17.5 Å². The number of hydrogen-bond acceptors (Lipinski definition) is 3. The largest absolute Gasteiger partial charge is 0.495 e. The van der Waals surface area contributed by atoms with Crippen molar-refractivity contribution in [3.8, 4) is 5.75 Å². The number of amides is 2. The molecule has 0 unspecified atom stereocenters. The lowest BCUT2D eigenvalue weighted by Crippen LogP contribution is -2.37. The summed E-state index contributed by atoms with van der Waals surface area (Å²) in [5, 5.41) is 2.74. The highest BCUT2D eigenvalue weighted by atomic mass is 16.5. The van der Waals surface area contributed by atoms with Crippen molar-refractivity contribution in [1.82, 2.24) is 4.90 Å². The van der Waals surface area contributed by atoms with Crippen molar-refractivity contribution in [2.45, 2.75) is 19.4 Å². The molecule has 124 valence electrons. The number of hydrogen-bond donors (Lipinski definition) is 1. The van der Waals surface area contributed by atoms with E-state index in [-0.39, 0.29) is 18.2 Å². The molecule has 0 fully saturated rings. The molecule has 5 heteroatoms. The van der Waals surface area contributed by atoms with E-state index in [2.05, 4.69) is 11.4 Å². The highest BCUT2D eigenvalue weighted by Gasteiger charge is 2.22. The molecule has 1 N–H and O–H groups in total. The minimum absolute atomic E-state index is 0.156. The van der Waals surface area contributed by atoms with Gasteiger partial charge in [0.15, 0.2) is 0 Å². The van der Waals surface area contributed by atoms with E-state index in [0.717, 1.165) is 12.0 Å². The van der Waals surface area contributed by atoms with E-state index in [1.807, 2.05) is 30.3 Å². The van der Waals surface area contributed by atoms with Gasteiger partial charge in [0.2, 0.25) is 11.8 Å². The Morgan fingerprint density at radius 3 is 2.58 bits per heavy atom. The van der Waals surface area contributed by atoms with Crippen LogP contribution in [0, 0.1) is 0 Å². The lowest BCUT2D eigenvalue weighted by atomic mass is 10.00. The van der Waals surface area contributed by atoms with Gasteiger partial charge in [-0.25, -0.2) is 0 Å². The number of methoxy groups -OCH3 is 1. The average Bonchev–Trinajstić information content (AvgIpc) is 2.61. The topological polar surface area (TPSA) is 58.6 Å². The zero-order chi connectivity index (χ0) is 16.9. The van der Waals surface area contributed by atoms with Crippen molar-refractivity contribution in [3.05, 3.63) is 59.7 Å². The molecule has 0 atom stereocenters. The molecular formula is C19H20N2O3. The minimum Gasteiger partial charge on any atom is -0.495 e. The highest BCUT2D eigenvalue weighted by molar-refractivity contribution is 6.04. The fourth-order valence-electron chi connectivity index (χ4n) is 2.90. The van der Waals surface area contributed by atoms with Gasteiger partial charge in [0.1, 0.15) is 12.2 Å². The van der Waals surface area contributed by atoms with Crippen molar-refractivity contribution < 1.29 is 14.3 Å². The molecule has 2 aromatic carbocycles. The molecule has 0 spiro atoms. The van der Waals surface area contributed by atoms with Crippen LogP contribution in [0.4, 0.5) is 5.69 Å². The first-order valence-electron chi connectivity index (χ1n) is 7.95. The van der Waals surface area contributed by atoms with Crippen LogP contribution in [-0.4, -0.2) is 30.4 Å². The van der Waals surface area contributed by atoms with Crippen LogP contribution in [0.15, 0.2) is 48.5 Å². The first-order valence-corrected chi connectivity index (χ1v) is 7.95. The van der Waals surface area contributed by atoms with Crippen molar-refractivity contribution in [2.75, 3.05) is 19.0 Å². The van der Waals surface area contributed by atoms with Gasteiger partial charge in [-0.1, -0.05) is 36.4 Å². The van der Waals surface area contributed by atoms with Gasteiger partial charge >= 0.3 is 0 Å². The van der Waals surface area contributed by atoms with Crippen LogP contribution in [-0.2, 0) is 22.6 Å². The van der Waals surface area contributed by atoms with Crippen LogP contribution in [0.5, 0.6) is 5.75 Å². The third-order valence-electron chi connectivity index (χ3n) is 4.18. The van der Waals surface area contributed by atoms with Gasteiger partial charge in [0, 0.05) is 13.1 Å². The molecule has 1 aliphatic heterocycles. The molecule has 1 heterocycles. The fraction of sp³-hybridized carbons (Fsp3) is 0.263. The predicted octanol–water partition coefficient (Wildman–Crippen LogP) is 2.61. The van der Waals surface area contributed by atoms with Crippen LogP contribution in [0.25, 0.3) is 0 Å². The number of nitrogens with one attached hydrogen (secondary N) is 1. The normalized spacial score (nSPS) is 13.1. The number of anilines is 1. The number of rotatable bonds is 4. The van der Waals surface area contributed by atoms with E-state index in [4.69, 9.17) is 4.74 Å². The number of nitrogens with zero attached hydrogens (tertiary/aromatic N) is 1. The molecule has 0 saturated heterocycles. The number of ether oxygens (including phenoxy) is 1. The Kier molecular flexibility index (Phi) is 4.79. The maximum atomic E-state index is 12.4. The first-order chi connectivity index (χ1) is 11.7. The third kappa shape index (κ3) is 3.56. The van der Waals surface area contributed by atoms with Crippen LogP contribution >= 0.6 is 0 Å². The Morgan fingerprint density at radius 2 is 1.79 bits per heavy atom. The third-order valence-corrected chi connectivity index (χ3v) is 4.18. The zero-order valence-corrected chi connectivity index (χ0v) is 13.6. The Labute approximate surface area is 141 Å². The number of carbonyl (C=O) groups excluding carboxylic acids is 2. The highest BCUT2D eigenvalue weighted by Crippen LogP contribution is 2.23. The lowest BCUT2D eigenvalue weighted by Gasteiger charge is -2.28. The Morgan fingerprint density at radius 1 is 1.08 bits per heavy atom. The Bertz CT molecular complexity index is 758. The maximum absolute atomic E-state index is 12.4. The molecular weight excluding hydrogens is 304 g/mol. The maximum Gasteiger partial charge on any atom is 0.233 e. The van der Waals surface area contributed by atoms with Gasteiger partial charge in [-0.2, -0.15) is 0 Å². The summed E-state index contributed by atoms with van der Waals surface area (Å²) in [7, 11) is 1.54. The van der Waals surface area contributed by atoms with Crippen molar-refractivity contribution in [3.63, 3.8) is 0 Å². The van der Waals surface area contributed by atoms with Crippen molar-refractivity contribution in [2.24, 2.45) is 0 Å². The van der Waals surface area contributed by atoms with Gasteiger partial charge in [-0.05, 0) is 29.7 Å². The molecule has 0 bridgehead atoms. The summed E-state index contributed by atoms with van der Waals surface area (Å²) in [4.78, 5) is 26.3. The summed E-state index contributed by atoms with van der Waals surface area (Å²) in [6, 6.07) is 15.2. The van der Waals surface area contributed by atoms with E-state index >= 15 is 0 Å². The minimum atomic E-state index is -0.330. The van der Waals surface area contributed by atoms with E-state index in [0.29, 0.717) is 24.5 Å². The first kappa shape index (κ1) is 16.1. The van der Waals surface area contributed by atoms with Crippen LogP contribution in [0.1, 0.15) is 17.5 Å². The molecule has 0 radical (unpaired) electrons. The SMILES string of the molecule is COc1ccccc1NC(=O)CC(=O)N1CCc2ccccc2C1. The average molecular weight is 324 g/mol. The standard InChI is InChI=1S/C19H20N2O3/c1-24-17-9-5-4-8-16(17)20-18(22)12-19(23)21-11-10-14-6-2-3-7-15(14)13-21/h2-9H,10-13H2,1H3,(H,20,22). The second-order valence-corrected chi connectivity index (χ2v) is 5.76. The Hall–Kier alpha value is -2.82. The van der Waals surface area contributed by atoms with Gasteiger partial charge < -0.3 is 15.0 Å². The van der Waals surface area contributed by atoms with E-state index < -0.39 is 0 Å². The van der Waals surface area contributed by atoms with Crippen LogP contribution < -0.4 is 10.1 Å². The quantitative estimate of drug-likeness (QED) is 0.880.